The lowest BCUT2D eigenvalue weighted by Gasteiger charge is -2.50. The summed E-state index contributed by atoms with van der Waals surface area (Å²) in [6.45, 7) is 24.7. The Hall–Kier alpha value is -4.90. The van der Waals surface area contributed by atoms with Crippen LogP contribution in [0, 0.1) is 22.7 Å². The van der Waals surface area contributed by atoms with Crippen molar-refractivity contribution in [1.82, 2.24) is 29.7 Å². The topological polar surface area (TPSA) is 214 Å². The van der Waals surface area contributed by atoms with Crippen molar-refractivity contribution in [3.05, 3.63) is 70.8 Å². The standard InChI is InChI=1S/C58H88N10O6/c1-11-15-23-41-59-61-55-47(53(57(5,6)7)63-67(41)55)45-49(71)43(50(45)72)37-27-25-35(33-39(37)69)65(29-17-13-3)31-21-19-20-22-32-66(30-18-14-4)36-26-28-38(40(70)34-36)44-51(73)46(52(44)74)48-54(58(8,9)10)64-68-42(24-16-12-2)60-62-56(48)68/h25-28,33-34,43-52,69-74H,11-24,29-32H2,1-10H3. The number of unbranched alkanes of at least 4 members (excludes halogenated alkanes) is 7. The summed E-state index contributed by atoms with van der Waals surface area (Å²) < 4.78 is 3.66. The van der Waals surface area contributed by atoms with E-state index in [2.05, 4.69) is 99.4 Å². The van der Waals surface area contributed by atoms with Gasteiger partial charge >= 0.3 is 0 Å². The number of phenols is 2. The molecule has 6 atom stereocenters. The summed E-state index contributed by atoms with van der Waals surface area (Å²) in [6, 6.07) is 11.4. The van der Waals surface area contributed by atoms with Gasteiger partial charge in [0.2, 0.25) is 0 Å². The monoisotopic (exact) mass is 1020 g/mol. The van der Waals surface area contributed by atoms with Crippen LogP contribution in [0.3, 0.4) is 0 Å². The highest BCUT2D eigenvalue weighted by Gasteiger charge is 2.60. The molecule has 2 aliphatic carbocycles. The first-order chi connectivity index (χ1) is 35.4. The van der Waals surface area contributed by atoms with E-state index in [1.165, 1.54) is 0 Å². The normalized spacial score (nSPS) is 25.3. The van der Waals surface area contributed by atoms with Gasteiger partial charge in [-0.15, -0.1) is 20.4 Å². The number of benzene rings is 2. The molecule has 16 nitrogen and oxygen atoms in total. The average Bonchev–Trinajstić information content (AvgIpc) is 4.14. The van der Waals surface area contributed by atoms with Crippen molar-refractivity contribution in [1.29, 1.82) is 0 Å². The number of rotatable bonds is 25. The van der Waals surface area contributed by atoms with Gasteiger partial charge in [0.25, 0.3) is 0 Å². The van der Waals surface area contributed by atoms with Crippen LogP contribution in [-0.4, -0.2) is 122 Å². The van der Waals surface area contributed by atoms with E-state index in [0.29, 0.717) is 22.8 Å². The molecule has 0 saturated heterocycles. The third-order valence-electron chi connectivity index (χ3n) is 16.5. The summed E-state index contributed by atoms with van der Waals surface area (Å²) in [5, 5.41) is 98.2. The molecule has 2 saturated carbocycles. The van der Waals surface area contributed by atoms with Gasteiger partial charge in [0, 0.05) is 108 Å². The SMILES string of the molecule is CCCCc1nnc2n1N=C(C(C)(C)C)C2C1C(O)C(c2ccc(N(CCCC)CCCCCCN(CCCC)c3ccc(C4C(O)C(C5C(C(C)(C)C)=Nn6c(CCCC)nnc65)C4O)c(O)c3)cc2O)C1O. The molecule has 2 aromatic carbocycles. The van der Waals surface area contributed by atoms with Crippen LogP contribution in [0.25, 0.3) is 0 Å². The fourth-order valence-corrected chi connectivity index (χ4v) is 12.2. The van der Waals surface area contributed by atoms with Crippen molar-refractivity contribution in [2.45, 2.75) is 207 Å². The van der Waals surface area contributed by atoms with Gasteiger partial charge in [-0.25, -0.2) is 9.35 Å². The maximum Gasteiger partial charge on any atom is 0.163 e. The molecule has 74 heavy (non-hydrogen) atoms. The Morgan fingerprint density at radius 1 is 0.473 bits per heavy atom. The smallest absolute Gasteiger partial charge is 0.163 e. The van der Waals surface area contributed by atoms with Crippen molar-refractivity contribution >= 4 is 22.8 Å². The van der Waals surface area contributed by atoms with Crippen molar-refractivity contribution in [2.24, 2.45) is 32.9 Å². The predicted molar refractivity (Wildman–Crippen MR) is 293 cm³/mol. The fraction of sp³-hybridized carbons (Fsp3) is 0.690. The van der Waals surface area contributed by atoms with Crippen LogP contribution < -0.4 is 9.80 Å². The summed E-state index contributed by atoms with van der Waals surface area (Å²) in [6.07, 6.45) is 10.1. The first-order valence-electron chi connectivity index (χ1n) is 28.3. The van der Waals surface area contributed by atoms with Crippen LogP contribution in [0.1, 0.15) is 204 Å². The molecular formula is C58H88N10O6. The summed E-state index contributed by atoms with van der Waals surface area (Å²) in [5.41, 5.74) is 4.09. The molecule has 4 heterocycles. The van der Waals surface area contributed by atoms with Crippen LogP contribution >= 0.6 is 0 Å². The largest absolute Gasteiger partial charge is 0.508 e. The van der Waals surface area contributed by atoms with E-state index < -0.39 is 48.1 Å². The molecule has 6 N–H and O–H groups in total. The van der Waals surface area contributed by atoms with E-state index in [4.69, 9.17) is 10.2 Å². The van der Waals surface area contributed by atoms with E-state index in [1.807, 2.05) is 33.6 Å². The van der Waals surface area contributed by atoms with Crippen molar-refractivity contribution in [3.8, 4) is 11.5 Å². The molecule has 16 heteroatoms. The van der Waals surface area contributed by atoms with Gasteiger partial charge in [0.1, 0.15) is 11.5 Å². The number of aryl methyl sites for hydroxylation is 2. The number of fused-ring (bicyclic) bond motifs is 2. The second kappa shape index (κ2) is 23.1. The zero-order valence-corrected chi connectivity index (χ0v) is 46.1. The van der Waals surface area contributed by atoms with Crippen LogP contribution in [-0.2, 0) is 12.8 Å². The zero-order chi connectivity index (χ0) is 53.2. The van der Waals surface area contributed by atoms with Crippen molar-refractivity contribution < 1.29 is 30.6 Å². The van der Waals surface area contributed by atoms with E-state index in [9.17, 15) is 30.6 Å². The molecule has 4 aliphatic rings. The van der Waals surface area contributed by atoms with Crippen LogP contribution in [0.5, 0.6) is 11.5 Å². The quantitative estimate of drug-likeness (QED) is 0.0343. The molecule has 8 rings (SSSR count). The Labute approximate surface area is 440 Å². The lowest BCUT2D eigenvalue weighted by molar-refractivity contribution is -0.121. The van der Waals surface area contributed by atoms with E-state index in [-0.39, 0.29) is 34.2 Å². The fourth-order valence-electron chi connectivity index (χ4n) is 12.2. The zero-order valence-electron chi connectivity index (χ0n) is 46.1. The highest BCUT2D eigenvalue weighted by Crippen LogP contribution is 2.55. The summed E-state index contributed by atoms with van der Waals surface area (Å²) in [7, 11) is 0. The maximum atomic E-state index is 11.8. The molecule has 0 spiro atoms. The first kappa shape index (κ1) is 55.3. The Balaban J connectivity index is 0.860. The average molecular weight is 1020 g/mol. The minimum absolute atomic E-state index is 0.0819. The number of phenolic OH excluding ortho intramolecular Hbond substituents is 2. The number of hydrogen-bond donors (Lipinski definition) is 6. The summed E-state index contributed by atoms with van der Waals surface area (Å²) in [4.78, 5) is 4.68. The van der Waals surface area contributed by atoms with E-state index >= 15 is 0 Å². The van der Waals surface area contributed by atoms with Gasteiger partial charge in [0.05, 0.1) is 47.7 Å². The minimum atomic E-state index is -0.903. The molecule has 0 radical (unpaired) electrons. The molecular weight excluding hydrogens is 933 g/mol. The van der Waals surface area contributed by atoms with Crippen molar-refractivity contribution in [2.75, 3.05) is 36.0 Å². The minimum Gasteiger partial charge on any atom is -0.508 e. The Morgan fingerprint density at radius 3 is 1.15 bits per heavy atom. The van der Waals surface area contributed by atoms with Crippen molar-refractivity contribution in [3.63, 3.8) is 0 Å². The molecule has 0 amide bonds. The third kappa shape index (κ3) is 10.9. The van der Waals surface area contributed by atoms with Gasteiger partial charge in [-0.1, -0.05) is 120 Å². The number of nitrogens with zero attached hydrogens (tertiary/aromatic N) is 10. The van der Waals surface area contributed by atoms with Gasteiger partial charge < -0.3 is 40.4 Å². The van der Waals surface area contributed by atoms with Crippen LogP contribution in [0.2, 0.25) is 0 Å². The number of aromatic hydroxyl groups is 2. The van der Waals surface area contributed by atoms with Gasteiger partial charge in [-0.05, 0) is 50.7 Å². The molecule has 2 fully saturated rings. The van der Waals surface area contributed by atoms with Crippen LogP contribution in [0.15, 0.2) is 46.6 Å². The molecule has 6 unspecified atom stereocenters. The predicted octanol–water partition coefficient (Wildman–Crippen LogP) is 9.41. The lowest BCUT2D eigenvalue weighted by atomic mass is 9.58. The number of aromatic nitrogens is 6. The molecule has 2 aromatic heterocycles. The highest BCUT2D eigenvalue weighted by atomic mass is 16.3. The molecule has 0 bridgehead atoms. The Bertz CT molecular complexity index is 2400. The Kier molecular flexibility index (Phi) is 17.3. The number of anilines is 2. The first-order valence-corrected chi connectivity index (χ1v) is 28.3. The van der Waals surface area contributed by atoms with Gasteiger partial charge in [0.15, 0.2) is 23.3 Å². The number of aliphatic hydroxyl groups excluding tert-OH is 4. The third-order valence-corrected chi connectivity index (χ3v) is 16.5. The number of hydrogen-bond acceptors (Lipinski definition) is 14. The second-order valence-corrected chi connectivity index (χ2v) is 24.0. The van der Waals surface area contributed by atoms with Gasteiger partial charge in [-0.3, -0.25) is 0 Å². The summed E-state index contributed by atoms with van der Waals surface area (Å²) >= 11 is 0. The number of aliphatic hydroxyl groups is 4. The van der Waals surface area contributed by atoms with Crippen LogP contribution in [0.4, 0.5) is 11.4 Å². The highest BCUT2D eigenvalue weighted by molar-refractivity contribution is 5.97. The molecule has 406 valence electrons. The second-order valence-electron chi connectivity index (χ2n) is 24.0. The molecule has 2 aliphatic heterocycles. The summed E-state index contributed by atoms with van der Waals surface area (Å²) in [5.74, 6) is 0.0311. The van der Waals surface area contributed by atoms with Gasteiger partial charge in [-0.2, -0.15) is 10.2 Å². The van der Waals surface area contributed by atoms with E-state index in [1.54, 1.807) is 12.1 Å². The molecule has 4 aromatic rings. The van der Waals surface area contributed by atoms with E-state index in [0.717, 1.165) is 151 Å². The maximum absolute atomic E-state index is 11.8. The lowest BCUT2D eigenvalue weighted by Crippen LogP contribution is -2.57. The Morgan fingerprint density at radius 2 is 0.824 bits per heavy atom.